The lowest BCUT2D eigenvalue weighted by molar-refractivity contribution is -0.127. The largest absolute Gasteiger partial charge is 0.392 e. The summed E-state index contributed by atoms with van der Waals surface area (Å²) in [6.07, 6.45) is 1.73. The molecule has 1 aromatic carbocycles. The Hall–Kier alpha value is -1.39. The number of aliphatic hydroxyl groups is 1. The predicted molar refractivity (Wildman–Crippen MR) is 84.6 cm³/mol. The number of rotatable bonds is 3. The van der Waals surface area contributed by atoms with Gasteiger partial charge < -0.3 is 16.2 Å². The third-order valence-electron chi connectivity index (χ3n) is 5.22. The minimum Gasteiger partial charge on any atom is -0.392 e. The standard InChI is InChI=1S/C17H26N2O2/c1-11-15(18)9-8-14(17(11,2)3)16(21)19-13-6-4-12(10-20)5-7-13/h4-7,11,14-15,20H,8-10,18H2,1-3H3,(H,19,21). The van der Waals surface area contributed by atoms with Crippen LogP contribution >= 0.6 is 0 Å². The molecule has 1 aliphatic rings. The molecular weight excluding hydrogens is 264 g/mol. The van der Waals surface area contributed by atoms with Crippen molar-refractivity contribution in [1.82, 2.24) is 0 Å². The van der Waals surface area contributed by atoms with Gasteiger partial charge in [0.05, 0.1) is 6.61 Å². The molecule has 4 nitrogen and oxygen atoms in total. The van der Waals surface area contributed by atoms with Crippen molar-refractivity contribution in [3.05, 3.63) is 29.8 Å². The van der Waals surface area contributed by atoms with E-state index in [1.807, 2.05) is 24.3 Å². The number of hydrogen-bond acceptors (Lipinski definition) is 3. The monoisotopic (exact) mass is 290 g/mol. The number of benzene rings is 1. The van der Waals surface area contributed by atoms with E-state index in [1.165, 1.54) is 0 Å². The number of carbonyl (C=O) groups is 1. The highest BCUT2D eigenvalue weighted by atomic mass is 16.3. The lowest BCUT2D eigenvalue weighted by atomic mass is 9.61. The van der Waals surface area contributed by atoms with E-state index in [1.54, 1.807) is 0 Å². The molecule has 1 amide bonds. The van der Waals surface area contributed by atoms with Crippen LogP contribution in [0.15, 0.2) is 24.3 Å². The van der Waals surface area contributed by atoms with Crippen LogP contribution in [0.4, 0.5) is 5.69 Å². The Morgan fingerprint density at radius 2 is 1.95 bits per heavy atom. The van der Waals surface area contributed by atoms with Crippen LogP contribution < -0.4 is 11.1 Å². The van der Waals surface area contributed by atoms with Crippen molar-refractivity contribution in [3.63, 3.8) is 0 Å². The van der Waals surface area contributed by atoms with Gasteiger partial charge in [0.2, 0.25) is 5.91 Å². The minimum atomic E-state index is -0.104. The molecule has 3 unspecified atom stereocenters. The van der Waals surface area contributed by atoms with Gasteiger partial charge in [-0.15, -0.1) is 0 Å². The molecule has 0 radical (unpaired) electrons. The summed E-state index contributed by atoms with van der Waals surface area (Å²) in [7, 11) is 0. The average Bonchev–Trinajstić information content (AvgIpc) is 2.45. The van der Waals surface area contributed by atoms with Gasteiger partial charge in [0, 0.05) is 17.6 Å². The molecule has 1 fully saturated rings. The quantitative estimate of drug-likeness (QED) is 0.800. The molecule has 4 heteroatoms. The summed E-state index contributed by atoms with van der Waals surface area (Å²) in [4.78, 5) is 12.6. The van der Waals surface area contributed by atoms with Gasteiger partial charge in [-0.1, -0.05) is 32.9 Å². The lowest BCUT2D eigenvalue weighted by Gasteiger charge is -2.46. The van der Waals surface area contributed by atoms with Gasteiger partial charge >= 0.3 is 0 Å². The molecule has 2 rings (SSSR count). The molecule has 1 saturated carbocycles. The smallest absolute Gasteiger partial charge is 0.228 e. The summed E-state index contributed by atoms with van der Waals surface area (Å²) < 4.78 is 0. The molecule has 0 aromatic heterocycles. The highest BCUT2D eigenvalue weighted by Crippen LogP contribution is 2.44. The summed E-state index contributed by atoms with van der Waals surface area (Å²) in [6, 6.07) is 7.47. The van der Waals surface area contributed by atoms with Crippen LogP contribution in [-0.2, 0) is 11.4 Å². The van der Waals surface area contributed by atoms with Crippen molar-refractivity contribution >= 4 is 11.6 Å². The zero-order valence-corrected chi connectivity index (χ0v) is 13.1. The summed E-state index contributed by atoms with van der Waals surface area (Å²) in [6.45, 7) is 6.42. The van der Waals surface area contributed by atoms with Crippen LogP contribution in [0.5, 0.6) is 0 Å². The molecule has 0 saturated heterocycles. The maximum atomic E-state index is 12.6. The van der Waals surface area contributed by atoms with E-state index in [2.05, 4.69) is 26.1 Å². The molecule has 116 valence electrons. The van der Waals surface area contributed by atoms with E-state index >= 15 is 0 Å². The Kier molecular flexibility index (Phi) is 4.69. The van der Waals surface area contributed by atoms with Crippen LogP contribution in [-0.4, -0.2) is 17.1 Å². The maximum Gasteiger partial charge on any atom is 0.228 e. The number of carbonyl (C=O) groups excluding carboxylic acids is 1. The van der Waals surface area contributed by atoms with Crippen molar-refractivity contribution in [2.45, 2.75) is 46.3 Å². The minimum absolute atomic E-state index is 0.0132. The molecule has 0 heterocycles. The Labute approximate surface area is 126 Å². The van der Waals surface area contributed by atoms with Crippen molar-refractivity contribution in [2.75, 3.05) is 5.32 Å². The van der Waals surface area contributed by atoms with E-state index in [-0.39, 0.29) is 29.9 Å². The molecule has 3 atom stereocenters. The van der Waals surface area contributed by atoms with E-state index in [0.717, 1.165) is 24.1 Å². The van der Waals surface area contributed by atoms with Gasteiger partial charge in [0.25, 0.3) is 0 Å². The maximum absolute atomic E-state index is 12.6. The van der Waals surface area contributed by atoms with Crippen LogP contribution in [0.2, 0.25) is 0 Å². The number of amides is 1. The van der Waals surface area contributed by atoms with Crippen molar-refractivity contribution in [1.29, 1.82) is 0 Å². The second kappa shape index (κ2) is 6.16. The third kappa shape index (κ3) is 3.27. The molecule has 0 spiro atoms. The molecule has 0 aliphatic heterocycles. The van der Waals surface area contributed by atoms with Gasteiger partial charge in [-0.05, 0) is 41.9 Å². The highest BCUT2D eigenvalue weighted by molar-refractivity contribution is 5.93. The third-order valence-corrected chi connectivity index (χ3v) is 5.22. The Morgan fingerprint density at radius 3 is 2.52 bits per heavy atom. The predicted octanol–water partition coefficient (Wildman–Crippen LogP) is 2.52. The fourth-order valence-corrected chi connectivity index (χ4v) is 3.24. The van der Waals surface area contributed by atoms with E-state index in [4.69, 9.17) is 10.8 Å². The Morgan fingerprint density at radius 1 is 1.33 bits per heavy atom. The average molecular weight is 290 g/mol. The summed E-state index contributed by atoms with van der Waals surface area (Å²) >= 11 is 0. The fourth-order valence-electron chi connectivity index (χ4n) is 3.24. The van der Waals surface area contributed by atoms with Crippen LogP contribution in [0.3, 0.4) is 0 Å². The first-order chi connectivity index (χ1) is 9.86. The Bertz CT molecular complexity index is 496. The molecule has 21 heavy (non-hydrogen) atoms. The first-order valence-corrected chi connectivity index (χ1v) is 7.62. The van der Waals surface area contributed by atoms with Crippen LogP contribution in [0.1, 0.15) is 39.2 Å². The summed E-state index contributed by atoms with van der Waals surface area (Å²) in [5.41, 5.74) is 7.65. The molecule has 1 aromatic rings. The highest BCUT2D eigenvalue weighted by Gasteiger charge is 2.44. The van der Waals surface area contributed by atoms with Gasteiger partial charge in [0.1, 0.15) is 0 Å². The van der Waals surface area contributed by atoms with Crippen LogP contribution in [0.25, 0.3) is 0 Å². The number of nitrogens with one attached hydrogen (secondary N) is 1. The molecular formula is C17H26N2O2. The molecule has 1 aliphatic carbocycles. The second-order valence-electron chi connectivity index (χ2n) is 6.75. The van der Waals surface area contributed by atoms with Crippen molar-refractivity contribution in [2.24, 2.45) is 23.0 Å². The second-order valence-corrected chi connectivity index (χ2v) is 6.75. The zero-order valence-electron chi connectivity index (χ0n) is 13.1. The number of hydrogen-bond donors (Lipinski definition) is 3. The first kappa shape index (κ1) is 16.0. The van der Waals surface area contributed by atoms with Crippen molar-refractivity contribution in [3.8, 4) is 0 Å². The lowest BCUT2D eigenvalue weighted by Crippen LogP contribution is -2.50. The number of anilines is 1. The van der Waals surface area contributed by atoms with E-state index in [0.29, 0.717) is 5.92 Å². The topological polar surface area (TPSA) is 75.4 Å². The normalized spacial score (nSPS) is 28.1. The van der Waals surface area contributed by atoms with E-state index in [9.17, 15) is 4.79 Å². The summed E-state index contributed by atoms with van der Waals surface area (Å²) in [5, 5.41) is 12.0. The van der Waals surface area contributed by atoms with Gasteiger partial charge in [-0.3, -0.25) is 4.79 Å². The van der Waals surface area contributed by atoms with Gasteiger partial charge in [0.15, 0.2) is 0 Å². The summed E-state index contributed by atoms with van der Waals surface area (Å²) in [5.74, 6) is 0.360. The van der Waals surface area contributed by atoms with Gasteiger partial charge in [-0.2, -0.15) is 0 Å². The van der Waals surface area contributed by atoms with Crippen molar-refractivity contribution < 1.29 is 9.90 Å². The fraction of sp³-hybridized carbons (Fsp3) is 0.588. The Balaban J connectivity index is 2.08. The number of nitrogens with two attached hydrogens (primary N) is 1. The SMILES string of the molecule is CC1C(N)CCC(C(=O)Nc2ccc(CO)cc2)C1(C)C. The first-order valence-electron chi connectivity index (χ1n) is 7.62. The van der Waals surface area contributed by atoms with Crippen LogP contribution in [0, 0.1) is 17.3 Å². The molecule has 0 bridgehead atoms. The zero-order chi connectivity index (χ0) is 15.6. The number of aliphatic hydroxyl groups excluding tert-OH is 1. The van der Waals surface area contributed by atoms with E-state index < -0.39 is 0 Å². The van der Waals surface area contributed by atoms with Gasteiger partial charge in [-0.25, -0.2) is 0 Å². The molecule has 4 N–H and O–H groups in total.